The van der Waals surface area contributed by atoms with Crippen LogP contribution in [0.5, 0.6) is 0 Å². The summed E-state index contributed by atoms with van der Waals surface area (Å²) in [4.78, 5) is 24.6. The Morgan fingerprint density at radius 3 is 1.24 bits per heavy atom. The molecule has 13 aromatic rings. The van der Waals surface area contributed by atoms with Gasteiger partial charge in [-0.1, -0.05) is 140 Å². The second kappa shape index (κ2) is 15.8. The zero-order chi connectivity index (χ0) is 44.3. The third-order valence-electron chi connectivity index (χ3n) is 12.4. The van der Waals surface area contributed by atoms with Crippen LogP contribution in [0.1, 0.15) is 0 Å². The van der Waals surface area contributed by atoms with E-state index in [1.54, 1.807) is 0 Å². The van der Waals surface area contributed by atoms with E-state index in [0.29, 0.717) is 29.3 Å². The number of fused-ring (bicyclic) bond motifs is 5. The molecule has 0 atom stereocenters. The van der Waals surface area contributed by atoms with Crippen LogP contribution < -0.4 is 0 Å². The van der Waals surface area contributed by atoms with Crippen LogP contribution in [-0.2, 0) is 0 Å². The maximum absolute atomic E-state index is 6.06. The predicted octanol–water partition coefficient (Wildman–Crippen LogP) is 14.9. The Morgan fingerprint density at radius 2 is 0.687 bits per heavy atom. The summed E-state index contributed by atoms with van der Waals surface area (Å²) in [6.07, 6.45) is 0. The molecule has 0 spiro atoms. The lowest BCUT2D eigenvalue weighted by molar-refractivity contribution is 0.619. The van der Waals surface area contributed by atoms with Crippen LogP contribution in [0.4, 0.5) is 0 Å². The van der Waals surface area contributed by atoms with Crippen molar-refractivity contribution in [3.63, 3.8) is 0 Å². The van der Waals surface area contributed by atoms with Gasteiger partial charge in [0.2, 0.25) is 11.8 Å². The van der Waals surface area contributed by atoms with Crippen LogP contribution >= 0.6 is 0 Å². The average molecular weight is 861 g/mol. The van der Waals surface area contributed by atoms with E-state index in [-0.39, 0.29) is 0 Å². The summed E-state index contributed by atoms with van der Waals surface area (Å²) in [6.45, 7) is 0. The SMILES string of the molecule is c1ccc(-c2ccc(-n3c4ccccc4c4cc(-c5ccc(-c6nc(-c7ccc(-c8nc9ccccc9o8)cc7)nc(-c7ccc(-c8nc9ccccc9o8)cc7)n6)cc5)ccc43)cc2)cc1. The Morgan fingerprint density at radius 1 is 0.284 bits per heavy atom. The Hall–Kier alpha value is -9.27. The molecule has 0 aliphatic rings. The highest BCUT2D eigenvalue weighted by Gasteiger charge is 2.17. The minimum absolute atomic E-state index is 0.549. The van der Waals surface area contributed by atoms with Crippen molar-refractivity contribution in [3.05, 3.63) is 218 Å². The molecule has 67 heavy (non-hydrogen) atoms. The third kappa shape index (κ3) is 6.92. The quantitative estimate of drug-likeness (QED) is 0.150. The molecular formula is C59H36N6O2. The largest absolute Gasteiger partial charge is 0.436 e. The lowest BCUT2D eigenvalue weighted by Gasteiger charge is -2.10. The van der Waals surface area contributed by atoms with Gasteiger partial charge in [-0.3, -0.25) is 0 Å². The number of rotatable bonds is 8. The zero-order valence-corrected chi connectivity index (χ0v) is 35.8. The summed E-state index contributed by atoms with van der Waals surface area (Å²) >= 11 is 0. The summed E-state index contributed by atoms with van der Waals surface area (Å²) in [6, 6.07) is 74.7. The normalized spacial score (nSPS) is 11.6. The van der Waals surface area contributed by atoms with Gasteiger partial charge < -0.3 is 13.4 Å². The van der Waals surface area contributed by atoms with Gasteiger partial charge in [0.25, 0.3) is 0 Å². The summed E-state index contributed by atoms with van der Waals surface area (Å²) in [7, 11) is 0. The Kier molecular flexibility index (Phi) is 8.99. The van der Waals surface area contributed by atoms with Crippen molar-refractivity contribution >= 4 is 44.0 Å². The van der Waals surface area contributed by atoms with Gasteiger partial charge in [-0.2, -0.15) is 0 Å². The fourth-order valence-corrected chi connectivity index (χ4v) is 8.95. The molecule has 4 aromatic heterocycles. The predicted molar refractivity (Wildman–Crippen MR) is 267 cm³/mol. The molecule has 0 bridgehead atoms. The smallest absolute Gasteiger partial charge is 0.227 e. The van der Waals surface area contributed by atoms with Crippen molar-refractivity contribution in [2.75, 3.05) is 0 Å². The highest BCUT2D eigenvalue weighted by molar-refractivity contribution is 6.10. The van der Waals surface area contributed by atoms with Crippen LogP contribution in [0, 0.1) is 0 Å². The van der Waals surface area contributed by atoms with E-state index in [1.165, 1.54) is 27.4 Å². The van der Waals surface area contributed by atoms with Crippen molar-refractivity contribution in [1.29, 1.82) is 0 Å². The molecule has 0 aliphatic carbocycles. The summed E-state index contributed by atoms with van der Waals surface area (Å²) in [5.41, 5.74) is 15.4. The molecule has 13 rings (SSSR count). The number of aromatic nitrogens is 6. The van der Waals surface area contributed by atoms with Crippen LogP contribution in [0.25, 0.3) is 129 Å². The second-order valence-corrected chi connectivity index (χ2v) is 16.5. The molecule has 4 heterocycles. The van der Waals surface area contributed by atoms with Crippen LogP contribution in [-0.4, -0.2) is 29.5 Å². The van der Waals surface area contributed by atoms with Gasteiger partial charge in [-0.25, -0.2) is 24.9 Å². The van der Waals surface area contributed by atoms with Gasteiger partial charge in [0, 0.05) is 44.3 Å². The number of oxazole rings is 2. The topological polar surface area (TPSA) is 95.7 Å². The van der Waals surface area contributed by atoms with Gasteiger partial charge >= 0.3 is 0 Å². The zero-order valence-electron chi connectivity index (χ0n) is 35.8. The van der Waals surface area contributed by atoms with Crippen molar-refractivity contribution in [2.24, 2.45) is 0 Å². The molecule has 0 aliphatic heterocycles. The van der Waals surface area contributed by atoms with Crippen molar-refractivity contribution in [2.45, 2.75) is 0 Å². The van der Waals surface area contributed by atoms with Gasteiger partial charge in [-0.15, -0.1) is 0 Å². The molecule has 0 unspecified atom stereocenters. The van der Waals surface area contributed by atoms with Gasteiger partial charge in [0.1, 0.15) is 11.0 Å². The maximum atomic E-state index is 6.06. The molecule has 0 saturated carbocycles. The van der Waals surface area contributed by atoms with Crippen LogP contribution in [0.15, 0.2) is 227 Å². The van der Waals surface area contributed by atoms with Crippen molar-refractivity contribution in [1.82, 2.24) is 29.5 Å². The molecule has 0 saturated heterocycles. The molecular weight excluding hydrogens is 825 g/mol. The number of hydrogen-bond donors (Lipinski definition) is 0. The lowest BCUT2D eigenvalue weighted by Crippen LogP contribution is -2.00. The molecule has 0 N–H and O–H groups in total. The molecule has 8 nitrogen and oxygen atoms in total. The van der Waals surface area contributed by atoms with E-state index in [4.69, 9.17) is 33.8 Å². The first-order valence-electron chi connectivity index (χ1n) is 22.1. The van der Waals surface area contributed by atoms with E-state index >= 15 is 0 Å². The lowest BCUT2D eigenvalue weighted by atomic mass is 10.0. The van der Waals surface area contributed by atoms with E-state index in [2.05, 4.69) is 120 Å². The standard InChI is InChI=1S/C59H36N6O2/c1-2-10-37(11-3-1)38-30-33-46(34-31-38)65-51-15-7-4-12-47(51)48-36-45(32-35-52(48)65)39-18-20-40(21-19-39)55-62-56(41-22-26-43(27-23-41)58-60-49-13-5-8-16-53(49)66-58)64-57(63-55)42-24-28-44(29-25-42)59-61-50-14-6-9-17-54(50)67-59/h1-36H. The van der Waals surface area contributed by atoms with Crippen molar-refractivity contribution in [3.8, 4) is 85.0 Å². The molecule has 0 radical (unpaired) electrons. The summed E-state index contributed by atoms with van der Waals surface area (Å²) in [5, 5.41) is 2.40. The number of para-hydroxylation sites is 5. The third-order valence-corrected chi connectivity index (χ3v) is 12.4. The molecule has 0 fully saturated rings. The number of benzene rings is 9. The average Bonchev–Trinajstić information content (AvgIpc) is 4.13. The fraction of sp³-hybridized carbons (Fsp3) is 0. The Bertz CT molecular complexity index is 3750. The van der Waals surface area contributed by atoms with Gasteiger partial charge in [0.05, 0.1) is 11.0 Å². The first-order chi connectivity index (χ1) is 33.1. The maximum Gasteiger partial charge on any atom is 0.227 e. The minimum atomic E-state index is 0.549. The Labute approximate surface area is 384 Å². The Balaban J connectivity index is 0.853. The van der Waals surface area contributed by atoms with E-state index in [9.17, 15) is 0 Å². The molecule has 8 heteroatoms. The minimum Gasteiger partial charge on any atom is -0.436 e. The highest BCUT2D eigenvalue weighted by atomic mass is 16.4. The van der Waals surface area contributed by atoms with Gasteiger partial charge in [-0.05, 0) is 101 Å². The monoisotopic (exact) mass is 860 g/mol. The second-order valence-electron chi connectivity index (χ2n) is 16.5. The highest BCUT2D eigenvalue weighted by Crippen LogP contribution is 2.37. The van der Waals surface area contributed by atoms with Crippen molar-refractivity contribution < 1.29 is 8.83 Å². The van der Waals surface area contributed by atoms with E-state index in [0.717, 1.165) is 72.3 Å². The first kappa shape index (κ1) is 38.2. The summed E-state index contributed by atoms with van der Waals surface area (Å²) in [5.74, 6) is 2.78. The van der Waals surface area contributed by atoms with E-state index < -0.39 is 0 Å². The molecule has 9 aromatic carbocycles. The van der Waals surface area contributed by atoms with Gasteiger partial charge in [0.15, 0.2) is 28.6 Å². The number of nitrogens with zero attached hydrogens (tertiary/aromatic N) is 6. The first-order valence-corrected chi connectivity index (χ1v) is 22.1. The fourth-order valence-electron chi connectivity index (χ4n) is 8.95. The van der Waals surface area contributed by atoms with Crippen LogP contribution in [0.2, 0.25) is 0 Å². The summed E-state index contributed by atoms with van der Waals surface area (Å²) < 4.78 is 14.5. The van der Waals surface area contributed by atoms with Crippen LogP contribution in [0.3, 0.4) is 0 Å². The molecule has 0 amide bonds. The molecule has 314 valence electrons. The number of hydrogen-bond acceptors (Lipinski definition) is 7. The van der Waals surface area contributed by atoms with E-state index in [1.807, 2.05) is 103 Å².